The molecular weight excluding hydrogens is 260 g/mol. The second-order valence-corrected chi connectivity index (χ2v) is 5.61. The van der Waals surface area contributed by atoms with E-state index in [2.05, 4.69) is 22.8 Å². The molecule has 2 aromatic rings. The first-order valence-electron chi connectivity index (χ1n) is 7.43. The minimum absolute atomic E-state index is 0.0302. The summed E-state index contributed by atoms with van der Waals surface area (Å²) in [6.07, 6.45) is 2.63. The normalized spacial score (nSPS) is 13.2. The maximum Gasteiger partial charge on any atom is 0.228 e. The van der Waals surface area contributed by atoms with Crippen LogP contribution in [0.2, 0.25) is 0 Å². The topological polar surface area (TPSA) is 41.1 Å². The molecule has 0 radical (unpaired) electrons. The Bertz CT molecular complexity index is 647. The first kappa shape index (κ1) is 13.7. The van der Waals surface area contributed by atoms with Crippen molar-refractivity contribution in [2.75, 3.05) is 17.2 Å². The van der Waals surface area contributed by atoms with Crippen molar-refractivity contribution in [3.05, 3.63) is 59.2 Å². The number of carbonyl (C=O) groups is 1. The van der Waals surface area contributed by atoms with Crippen molar-refractivity contribution in [2.45, 2.75) is 26.2 Å². The van der Waals surface area contributed by atoms with Crippen molar-refractivity contribution in [2.24, 2.45) is 0 Å². The van der Waals surface area contributed by atoms with Crippen molar-refractivity contribution in [3.63, 3.8) is 0 Å². The van der Waals surface area contributed by atoms with Crippen LogP contribution < -0.4 is 10.6 Å². The first-order valence-corrected chi connectivity index (χ1v) is 7.43. The lowest BCUT2D eigenvalue weighted by atomic mass is 10.0. The molecule has 2 aromatic carbocycles. The van der Waals surface area contributed by atoms with Gasteiger partial charge in [-0.1, -0.05) is 29.8 Å². The molecular formula is C18H20N2O. The number of hydrogen-bond acceptors (Lipinski definition) is 2. The Hall–Kier alpha value is -2.29. The number of carbonyl (C=O) groups excluding carboxylic acids is 1. The van der Waals surface area contributed by atoms with E-state index in [0.29, 0.717) is 6.42 Å². The standard InChI is InChI=1S/C18H20N2O/c1-13-4-6-14(7-5-13)11-18(21)20-16-8-9-17-15(12-16)3-2-10-19-17/h4-9,12,19H,2-3,10-11H2,1H3,(H,20,21). The van der Waals surface area contributed by atoms with Gasteiger partial charge in [0.15, 0.2) is 0 Å². The SMILES string of the molecule is Cc1ccc(CC(=O)Nc2ccc3c(c2)CCCN3)cc1. The van der Waals surface area contributed by atoms with Crippen molar-refractivity contribution >= 4 is 17.3 Å². The van der Waals surface area contributed by atoms with E-state index in [-0.39, 0.29) is 5.91 Å². The molecule has 0 fully saturated rings. The van der Waals surface area contributed by atoms with Crippen LogP contribution in [-0.4, -0.2) is 12.5 Å². The zero-order valence-electron chi connectivity index (χ0n) is 12.3. The lowest BCUT2D eigenvalue weighted by Crippen LogP contribution is -2.16. The summed E-state index contributed by atoms with van der Waals surface area (Å²) in [6.45, 7) is 3.08. The Balaban J connectivity index is 1.65. The minimum Gasteiger partial charge on any atom is -0.385 e. The molecule has 21 heavy (non-hydrogen) atoms. The van der Waals surface area contributed by atoms with Crippen LogP contribution in [0.25, 0.3) is 0 Å². The maximum atomic E-state index is 12.1. The van der Waals surface area contributed by atoms with Gasteiger partial charge in [-0.25, -0.2) is 0 Å². The summed E-state index contributed by atoms with van der Waals surface area (Å²) in [6, 6.07) is 14.2. The van der Waals surface area contributed by atoms with Crippen LogP contribution in [0.5, 0.6) is 0 Å². The van der Waals surface area contributed by atoms with Crippen LogP contribution in [0, 0.1) is 6.92 Å². The van der Waals surface area contributed by atoms with Crippen LogP contribution in [0.4, 0.5) is 11.4 Å². The van der Waals surface area contributed by atoms with Crippen LogP contribution in [-0.2, 0) is 17.6 Å². The lowest BCUT2D eigenvalue weighted by Gasteiger charge is -2.18. The zero-order valence-corrected chi connectivity index (χ0v) is 12.3. The average Bonchev–Trinajstić information content (AvgIpc) is 2.49. The fourth-order valence-electron chi connectivity index (χ4n) is 2.65. The third kappa shape index (κ3) is 3.43. The van der Waals surface area contributed by atoms with Crippen molar-refractivity contribution in [3.8, 4) is 0 Å². The molecule has 0 bridgehead atoms. The largest absolute Gasteiger partial charge is 0.385 e. The Morgan fingerprint density at radius 3 is 2.81 bits per heavy atom. The number of anilines is 2. The fourth-order valence-corrected chi connectivity index (χ4v) is 2.65. The van der Waals surface area contributed by atoms with Gasteiger partial charge in [0.2, 0.25) is 5.91 Å². The van der Waals surface area contributed by atoms with Gasteiger partial charge in [0, 0.05) is 17.9 Å². The van der Waals surface area contributed by atoms with Crippen molar-refractivity contribution in [1.82, 2.24) is 0 Å². The quantitative estimate of drug-likeness (QED) is 0.903. The highest BCUT2D eigenvalue weighted by atomic mass is 16.1. The molecule has 0 unspecified atom stereocenters. The molecule has 0 saturated carbocycles. The van der Waals surface area contributed by atoms with Gasteiger partial charge in [-0.2, -0.15) is 0 Å². The Morgan fingerprint density at radius 1 is 1.19 bits per heavy atom. The second-order valence-electron chi connectivity index (χ2n) is 5.61. The zero-order chi connectivity index (χ0) is 14.7. The van der Waals surface area contributed by atoms with Gasteiger partial charge >= 0.3 is 0 Å². The van der Waals surface area contributed by atoms with Crippen LogP contribution in [0.15, 0.2) is 42.5 Å². The monoisotopic (exact) mass is 280 g/mol. The summed E-state index contributed by atoms with van der Waals surface area (Å²) in [5.41, 5.74) is 5.61. The third-order valence-corrected chi connectivity index (χ3v) is 3.81. The van der Waals surface area contributed by atoms with Crippen molar-refractivity contribution < 1.29 is 4.79 Å². The van der Waals surface area contributed by atoms with E-state index in [0.717, 1.165) is 30.6 Å². The summed E-state index contributed by atoms with van der Waals surface area (Å²) in [4.78, 5) is 12.1. The number of benzene rings is 2. The number of amides is 1. The molecule has 3 nitrogen and oxygen atoms in total. The second kappa shape index (κ2) is 6.00. The van der Waals surface area contributed by atoms with E-state index in [9.17, 15) is 4.79 Å². The molecule has 0 aliphatic carbocycles. The average molecular weight is 280 g/mol. The molecule has 0 spiro atoms. The Morgan fingerprint density at radius 2 is 2.00 bits per heavy atom. The van der Waals surface area contributed by atoms with Crippen molar-refractivity contribution in [1.29, 1.82) is 0 Å². The Labute approximate surface area is 125 Å². The predicted octanol–water partition coefficient (Wildman–Crippen LogP) is 3.53. The number of aryl methyl sites for hydroxylation is 2. The first-order chi connectivity index (χ1) is 10.2. The van der Waals surface area contributed by atoms with E-state index in [1.165, 1.54) is 16.8 Å². The molecule has 0 saturated heterocycles. The molecule has 1 aliphatic heterocycles. The van der Waals surface area contributed by atoms with E-state index in [1.54, 1.807) is 0 Å². The van der Waals surface area contributed by atoms with Gasteiger partial charge < -0.3 is 10.6 Å². The Kier molecular flexibility index (Phi) is 3.91. The smallest absolute Gasteiger partial charge is 0.228 e. The number of nitrogens with one attached hydrogen (secondary N) is 2. The molecule has 108 valence electrons. The van der Waals surface area contributed by atoms with E-state index >= 15 is 0 Å². The summed E-state index contributed by atoms with van der Waals surface area (Å²) >= 11 is 0. The number of rotatable bonds is 3. The molecule has 1 heterocycles. The van der Waals surface area contributed by atoms with Gasteiger partial charge in [-0.05, 0) is 49.1 Å². The summed E-state index contributed by atoms with van der Waals surface area (Å²) in [7, 11) is 0. The molecule has 1 aliphatic rings. The minimum atomic E-state index is 0.0302. The van der Waals surface area contributed by atoms with Crippen LogP contribution >= 0.6 is 0 Å². The molecule has 3 rings (SSSR count). The van der Waals surface area contributed by atoms with E-state index < -0.39 is 0 Å². The van der Waals surface area contributed by atoms with Gasteiger partial charge in [0.05, 0.1) is 6.42 Å². The highest BCUT2D eigenvalue weighted by Gasteiger charge is 2.10. The molecule has 1 amide bonds. The molecule has 0 aromatic heterocycles. The predicted molar refractivity (Wildman–Crippen MR) is 86.8 cm³/mol. The molecule has 2 N–H and O–H groups in total. The number of hydrogen-bond donors (Lipinski definition) is 2. The highest BCUT2D eigenvalue weighted by Crippen LogP contribution is 2.25. The van der Waals surface area contributed by atoms with E-state index in [1.807, 2.05) is 37.3 Å². The van der Waals surface area contributed by atoms with Gasteiger partial charge in [0.1, 0.15) is 0 Å². The molecule has 0 atom stereocenters. The van der Waals surface area contributed by atoms with Gasteiger partial charge in [-0.3, -0.25) is 4.79 Å². The lowest BCUT2D eigenvalue weighted by molar-refractivity contribution is -0.115. The van der Waals surface area contributed by atoms with Crippen LogP contribution in [0.1, 0.15) is 23.1 Å². The summed E-state index contributed by atoms with van der Waals surface area (Å²) in [5.74, 6) is 0.0302. The van der Waals surface area contributed by atoms with Gasteiger partial charge in [0.25, 0.3) is 0 Å². The molecule has 3 heteroatoms. The number of fused-ring (bicyclic) bond motifs is 1. The fraction of sp³-hybridized carbons (Fsp3) is 0.278. The highest BCUT2D eigenvalue weighted by molar-refractivity contribution is 5.92. The van der Waals surface area contributed by atoms with E-state index in [4.69, 9.17) is 0 Å². The van der Waals surface area contributed by atoms with Gasteiger partial charge in [-0.15, -0.1) is 0 Å². The third-order valence-electron chi connectivity index (χ3n) is 3.81. The summed E-state index contributed by atoms with van der Waals surface area (Å²) in [5, 5.41) is 6.36. The summed E-state index contributed by atoms with van der Waals surface area (Å²) < 4.78 is 0. The van der Waals surface area contributed by atoms with Crippen LogP contribution in [0.3, 0.4) is 0 Å². The maximum absolute atomic E-state index is 12.1.